The maximum absolute atomic E-state index is 12.7. The van der Waals surface area contributed by atoms with Crippen molar-refractivity contribution in [3.8, 4) is 0 Å². The number of imide groups is 1. The molecule has 0 aliphatic carbocycles. The fourth-order valence-electron chi connectivity index (χ4n) is 2.35. The Morgan fingerprint density at radius 2 is 1.84 bits per heavy atom. The highest BCUT2D eigenvalue weighted by molar-refractivity contribution is 7.89. The number of nitrogens with zero attached hydrogens (tertiary/aromatic N) is 2. The summed E-state index contributed by atoms with van der Waals surface area (Å²) < 4.78 is 31.0. The lowest BCUT2D eigenvalue weighted by atomic mass is 10.3. The number of amides is 2. The average molecular weight is 410 g/mol. The molecule has 0 radical (unpaired) electrons. The zero-order valence-corrected chi connectivity index (χ0v) is 15.7. The second-order valence-corrected chi connectivity index (χ2v) is 8.04. The highest BCUT2D eigenvalue weighted by atomic mass is 35.5. The SMILES string of the molecule is COC(=O)NC(=O)CN1CCN(S(=O)(=O)c2cc(Cl)ccc2Cl)CC1. The molecule has 1 N–H and O–H groups in total. The molecule has 2 amide bonds. The van der Waals surface area contributed by atoms with Crippen LogP contribution < -0.4 is 5.32 Å². The zero-order valence-electron chi connectivity index (χ0n) is 13.4. The van der Waals surface area contributed by atoms with E-state index in [1.165, 1.54) is 22.5 Å². The molecule has 0 unspecified atom stereocenters. The lowest BCUT2D eigenvalue weighted by molar-refractivity contribution is -0.121. The Balaban J connectivity index is 1.98. The number of carbonyl (C=O) groups is 2. The molecule has 11 heteroatoms. The third-order valence-corrected chi connectivity index (χ3v) is 6.25. The van der Waals surface area contributed by atoms with E-state index in [-0.39, 0.29) is 34.6 Å². The number of hydrogen-bond donors (Lipinski definition) is 1. The van der Waals surface area contributed by atoms with Gasteiger partial charge in [0, 0.05) is 31.2 Å². The van der Waals surface area contributed by atoms with Gasteiger partial charge in [-0.05, 0) is 18.2 Å². The van der Waals surface area contributed by atoms with Gasteiger partial charge in [0.05, 0.1) is 18.7 Å². The topological polar surface area (TPSA) is 96.0 Å². The predicted octanol–water partition coefficient (Wildman–Crippen LogP) is 1.18. The van der Waals surface area contributed by atoms with Crippen molar-refractivity contribution in [2.75, 3.05) is 39.8 Å². The minimum atomic E-state index is -3.77. The average Bonchev–Trinajstić information content (AvgIpc) is 2.57. The molecule has 25 heavy (non-hydrogen) atoms. The molecule has 1 aromatic rings. The van der Waals surface area contributed by atoms with Gasteiger partial charge in [-0.3, -0.25) is 15.0 Å². The highest BCUT2D eigenvalue weighted by Crippen LogP contribution is 2.28. The number of ether oxygens (including phenoxy) is 1. The second-order valence-electron chi connectivity index (χ2n) is 5.29. The molecule has 138 valence electrons. The maximum Gasteiger partial charge on any atom is 0.413 e. The molecule has 1 aromatic carbocycles. The minimum absolute atomic E-state index is 0.0269. The standard InChI is InChI=1S/C14H17Cl2N3O5S/c1-24-14(21)17-13(20)9-18-4-6-19(7-5-18)25(22,23)12-8-10(15)2-3-11(12)16/h2-3,8H,4-7,9H2,1H3,(H,17,20,21). The van der Waals surface area contributed by atoms with E-state index < -0.39 is 22.0 Å². The Labute approximate surface area is 155 Å². The van der Waals surface area contributed by atoms with E-state index in [2.05, 4.69) is 10.1 Å². The van der Waals surface area contributed by atoms with E-state index >= 15 is 0 Å². The molecule has 1 fully saturated rings. The van der Waals surface area contributed by atoms with Crippen molar-refractivity contribution in [3.05, 3.63) is 28.2 Å². The van der Waals surface area contributed by atoms with Gasteiger partial charge in [-0.1, -0.05) is 23.2 Å². The predicted molar refractivity (Wildman–Crippen MR) is 92.2 cm³/mol. The fraction of sp³-hybridized carbons (Fsp3) is 0.429. The number of carbonyl (C=O) groups excluding carboxylic acids is 2. The molecule has 1 heterocycles. The van der Waals surface area contributed by atoms with Gasteiger partial charge in [0.1, 0.15) is 4.90 Å². The maximum atomic E-state index is 12.7. The van der Waals surface area contributed by atoms with Gasteiger partial charge in [-0.15, -0.1) is 0 Å². The van der Waals surface area contributed by atoms with Crippen LogP contribution >= 0.6 is 23.2 Å². The first kappa shape index (κ1) is 19.9. The first-order valence-electron chi connectivity index (χ1n) is 7.29. The number of piperazine rings is 1. The lowest BCUT2D eigenvalue weighted by Gasteiger charge is -2.33. The molecular weight excluding hydrogens is 393 g/mol. The largest absolute Gasteiger partial charge is 0.453 e. The number of nitrogens with one attached hydrogen (secondary N) is 1. The molecule has 0 aromatic heterocycles. The van der Waals surface area contributed by atoms with Gasteiger partial charge < -0.3 is 4.74 Å². The number of halogens is 2. The van der Waals surface area contributed by atoms with Crippen molar-refractivity contribution in [3.63, 3.8) is 0 Å². The quantitative estimate of drug-likeness (QED) is 0.801. The van der Waals surface area contributed by atoms with Gasteiger partial charge in [-0.2, -0.15) is 4.31 Å². The van der Waals surface area contributed by atoms with Crippen LogP contribution in [0.25, 0.3) is 0 Å². The molecule has 0 spiro atoms. The Hall–Kier alpha value is -1.39. The van der Waals surface area contributed by atoms with Crippen LogP contribution in [0.15, 0.2) is 23.1 Å². The summed E-state index contributed by atoms with van der Waals surface area (Å²) in [6.45, 7) is 1.03. The van der Waals surface area contributed by atoms with Crippen molar-refractivity contribution >= 4 is 45.2 Å². The lowest BCUT2D eigenvalue weighted by Crippen LogP contribution is -2.51. The number of hydrogen-bond acceptors (Lipinski definition) is 6. The summed E-state index contributed by atoms with van der Waals surface area (Å²) in [7, 11) is -2.61. The van der Waals surface area contributed by atoms with Crippen molar-refractivity contribution < 1.29 is 22.7 Å². The molecule has 1 saturated heterocycles. The molecular formula is C14H17Cl2N3O5S. The number of sulfonamides is 1. The van der Waals surface area contributed by atoms with E-state index in [1.807, 2.05) is 0 Å². The van der Waals surface area contributed by atoms with Crippen LogP contribution in [0.1, 0.15) is 0 Å². The van der Waals surface area contributed by atoms with E-state index in [0.29, 0.717) is 13.1 Å². The van der Waals surface area contributed by atoms with Gasteiger partial charge in [-0.25, -0.2) is 13.2 Å². The summed E-state index contributed by atoms with van der Waals surface area (Å²) in [5.74, 6) is -0.513. The molecule has 0 atom stereocenters. The summed E-state index contributed by atoms with van der Waals surface area (Å²) >= 11 is 11.9. The Morgan fingerprint density at radius 1 is 1.20 bits per heavy atom. The molecule has 8 nitrogen and oxygen atoms in total. The van der Waals surface area contributed by atoms with Crippen molar-refractivity contribution in [2.45, 2.75) is 4.90 Å². The van der Waals surface area contributed by atoms with Crippen molar-refractivity contribution in [2.24, 2.45) is 0 Å². The van der Waals surface area contributed by atoms with Crippen molar-refractivity contribution in [1.82, 2.24) is 14.5 Å². The van der Waals surface area contributed by atoms with Gasteiger partial charge in [0.25, 0.3) is 0 Å². The van der Waals surface area contributed by atoms with Crippen LogP contribution in [0.4, 0.5) is 4.79 Å². The van der Waals surface area contributed by atoms with Crippen LogP contribution in [0.3, 0.4) is 0 Å². The summed E-state index contributed by atoms with van der Waals surface area (Å²) in [5.41, 5.74) is 0. The van der Waals surface area contributed by atoms with Gasteiger partial charge in [0.2, 0.25) is 15.9 Å². The number of methoxy groups -OCH3 is 1. The van der Waals surface area contributed by atoms with Gasteiger partial charge >= 0.3 is 6.09 Å². The van der Waals surface area contributed by atoms with E-state index in [9.17, 15) is 18.0 Å². The normalized spacial score (nSPS) is 16.4. The summed E-state index contributed by atoms with van der Waals surface area (Å²) in [5, 5.41) is 2.43. The van der Waals surface area contributed by atoms with Gasteiger partial charge in [0.15, 0.2) is 0 Å². The summed E-state index contributed by atoms with van der Waals surface area (Å²) in [6, 6.07) is 4.26. The number of alkyl carbamates (subject to hydrolysis) is 1. The fourth-order valence-corrected chi connectivity index (χ4v) is 4.51. The van der Waals surface area contributed by atoms with E-state index in [4.69, 9.17) is 23.2 Å². The first-order chi connectivity index (χ1) is 11.7. The molecule has 0 bridgehead atoms. The molecule has 1 aliphatic heterocycles. The first-order valence-corrected chi connectivity index (χ1v) is 9.49. The Morgan fingerprint density at radius 3 is 2.44 bits per heavy atom. The summed E-state index contributed by atoms with van der Waals surface area (Å²) in [4.78, 5) is 24.3. The van der Waals surface area contributed by atoms with Crippen LogP contribution in [0.5, 0.6) is 0 Å². The van der Waals surface area contributed by atoms with Crippen LogP contribution in [0, 0.1) is 0 Å². The smallest absolute Gasteiger partial charge is 0.413 e. The Kier molecular flexibility index (Phi) is 6.64. The van der Waals surface area contributed by atoms with E-state index in [1.54, 1.807) is 4.90 Å². The second kappa shape index (κ2) is 8.33. The monoisotopic (exact) mass is 409 g/mol. The van der Waals surface area contributed by atoms with Crippen molar-refractivity contribution in [1.29, 1.82) is 0 Å². The zero-order chi connectivity index (χ0) is 18.6. The molecule has 0 saturated carbocycles. The molecule has 1 aliphatic rings. The Bertz CT molecular complexity index is 764. The number of benzene rings is 1. The summed E-state index contributed by atoms with van der Waals surface area (Å²) in [6.07, 6.45) is -0.832. The molecule has 2 rings (SSSR count). The highest BCUT2D eigenvalue weighted by Gasteiger charge is 2.30. The van der Waals surface area contributed by atoms with Crippen LogP contribution in [0.2, 0.25) is 10.0 Å². The van der Waals surface area contributed by atoms with E-state index in [0.717, 1.165) is 7.11 Å². The third kappa shape index (κ3) is 5.05. The third-order valence-electron chi connectivity index (χ3n) is 3.64. The van der Waals surface area contributed by atoms with Crippen LogP contribution in [-0.4, -0.2) is 69.5 Å². The minimum Gasteiger partial charge on any atom is -0.453 e. The number of rotatable bonds is 4. The van der Waals surface area contributed by atoms with Crippen LogP contribution in [-0.2, 0) is 19.6 Å².